The first kappa shape index (κ1) is 10.4. The van der Waals surface area contributed by atoms with Crippen LogP contribution in [-0.4, -0.2) is 13.1 Å². The summed E-state index contributed by atoms with van der Waals surface area (Å²) in [6.07, 6.45) is 5.33. The van der Waals surface area contributed by atoms with E-state index >= 15 is 0 Å². The van der Waals surface area contributed by atoms with E-state index in [2.05, 4.69) is 10.7 Å². The Balaban J connectivity index is 3.01. The third-order valence-corrected chi connectivity index (χ3v) is 1.97. The molecular weight excluding hydrogens is 180 g/mol. The van der Waals surface area contributed by atoms with Crippen molar-refractivity contribution in [1.29, 1.82) is 0 Å². The van der Waals surface area contributed by atoms with Crippen LogP contribution in [0.3, 0.4) is 0 Å². The summed E-state index contributed by atoms with van der Waals surface area (Å²) in [4.78, 5) is 11.1. The molecule has 0 spiro atoms. The van der Waals surface area contributed by atoms with Gasteiger partial charge in [0.25, 0.3) is 0 Å². The lowest BCUT2D eigenvalue weighted by molar-refractivity contribution is 0.0562. The number of hydrogen-bond acceptors (Lipinski definition) is 3. The van der Waals surface area contributed by atoms with Gasteiger partial charge >= 0.3 is 5.97 Å². The van der Waals surface area contributed by atoms with Gasteiger partial charge < -0.3 is 9.15 Å². The first-order valence-corrected chi connectivity index (χ1v) is 4.17. The van der Waals surface area contributed by atoms with Gasteiger partial charge in [0, 0.05) is 0 Å². The Labute approximate surface area is 83.1 Å². The quantitative estimate of drug-likeness (QED) is 0.531. The Kier molecular flexibility index (Phi) is 2.66. The molecule has 1 aromatic heterocycles. The summed E-state index contributed by atoms with van der Waals surface area (Å²) in [7, 11) is 1.30. The second kappa shape index (κ2) is 3.59. The number of furan rings is 1. The van der Waals surface area contributed by atoms with Gasteiger partial charge in [0.1, 0.15) is 5.76 Å². The maximum atomic E-state index is 11.1. The summed E-state index contributed by atoms with van der Waals surface area (Å²) < 4.78 is 9.79. The Morgan fingerprint density at radius 2 is 2.21 bits per heavy atom. The molecule has 0 N–H and O–H groups in total. The maximum absolute atomic E-state index is 11.1. The van der Waals surface area contributed by atoms with E-state index in [-0.39, 0.29) is 5.76 Å². The van der Waals surface area contributed by atoms with Gasteiger partial charge in [-0.15, -0.1) is 6.42 Å². The molecule has 0 aromatic carbocycles. The summed E-state index contributed by atoms with van der Waals surface area (Å²) in [5.74, 6) is 2.84. The average Bonchev–Trinajstić information content (AvgIpc) is 2.66. The molecule has 0 amide bonds. The molecule has 0 saturated heterocycles. The van der Waals surface area contributed by atoms with Gasteiger partial charge in [-0.2, -0.15) is 0 Å². The van der Waals surface area contributed by atoms with Gasteiger partial charge in [-0.25, -0.2) is 4.79 Å². The SMILES string of the molecule is C#CC(C)(C)c1ccc(C(=O)OC)o1. The van der Waals surface area contributed by atoms with Gasteiger partial charge in [0.15, 0.2) is 0 Å². The van der Waals surface area contributed by atoms with Crippen LogP contribution in [0.5, 0.6) is 0 Å². The molecule has 74 valence electrons. The van der Waals surface area contributed by atoms with Gasteiger partial charge in [-0.3, -0.25) is 0 Å². The van der Waals surface area contributed by atoms with E-state index in [1.165, 1.54) is 7.11 Å². The second-order valence-corrected chi connectivity index (χ2v) is 3.42. The molecule has 3 heteroatoms. The average molecular weight is 192 g/mol. The highest BCUT2D eigenvalue weighted by Crippen LogP contribution is 2.24. The van der Waals surface area contributed by atoms with Gasteiger partial charge in [-0.1, -0.05) is 5.92 Å². The standard InChI is InChI=1S/C11H12O3/c1-5-11(2,3)9-7-6-8(14-9)10(12)13-4/h1,6-7H,2-4H3. The summed E-state index contributed by atoms with van der Waals surface area (Å²) in [5, 5.41) is 0. The van der Waals surface area contributed by atoms with E-state index < -0.39 is 11.4 Å². The van der Waals surface area contributed by atoms with E-state index in [0.717, 1.165) is 0 Å². The molecule has 0 aliphatic heterocycles. The van der Waals surface area contributed by atoms with Crippen molar-refractivity contribution in [3.8, 4) is 12.3 Å². The predicted octanol–water partition coefficient (Wildman–Crippen LogP) is 1.98. The van der Waals surface area contributed by atoms with Crippen LogP contribution in [-0.2, 0) is 10.2 Å². The Morgan fingerprint density at radius 3 is 2.71 bits per heavy atom. The van der Waals surface area contributed by atoms with Crippen molar-refractivity contribution >= 4 is 5.97 Å². The lowest BCUT2D eigenvalue weighted by Crippen LogP contribution is -2.12. The Bertz CT molecular complexity index is 379. The van der Waals surface area contributed by atoms with Crippen molar-refractivity contribution in [3.05, 3.63) is 23.7 Å². The zero-order chi connectivity index (χ0) is 10.8. The monoisotopic (exact) mass is 192 g/mol. The highest BCUT2D eigenvalue weighted by Gasteiger charge is 2.23. The fourth-order valence-corrected chi connectivity index (χ4v) is 0.955. The van der Waals surface area contributed by atoms with E-state index in [1.54, 1.807) is 12.1 Å². The maximum Gasteiger partial charge on any atom is 0.373 e. The molecule has 0 radical (unpaired) electrons. The summed E-state index contributed by atoms with van der Waals surface area (Å²) in [6, 6.07) is 3.24. The molecule has 1 rings (SSSR count). The number of carbonyl (C=O) groups excluding carboxylic acids is 1. The minimum absolute atomic E-state index is 0.172. The highest BCUT2D eigenvalue weighted by atomic mass is 16.5. The third kappa shape index (κ3) is 1.80. The largest absolute Gasteiger partial charge is 0.463 e. The van der Waals surface area contributed by atoms with Crippen molar-refractivity contribution < 1.29 is 13.9 Å². The van der Waals surface area contributed by atoms with Gasteiger partial charge in [0.2, 0.25) is 5.76 Å². The molecule has 0 atom stereocenters. The first-order chi connectivity index (χ1) is 6.51. The lowest BCUT2D eigenvalue weighted by atomic mass is 9.92. The molecule has 0 aliphatic rings. The number of esters is 1. The van der Waals surface area contributed by atoms with Crippen LogP contribution >= 0.6 is 0 Å². The van der Waals surface area contributed by atoms with Crippen LogP contribution < -0.4 is 0 Å². The summed E-state index contributed by atoms with van der Waals surface area (Å²) >= 11 is 0. The zero-order valence-electron chi connectivity index (χ0n) is 8.46. The normalized spacial score (nSPS) is 10.7. The number of hydrogen-bond donors (Lipinski definition) is 0. The van der Waals surface area contributed by atoms with Crippen molar-refractivity contribution in [2.75, 3.05) is 7.11 Å². The summed E-state index contributed by atoms with van der Waals surface area (Å²) in [6.45, 7) is 3.68. The molecule has 0 unspecified atom stereocenters. The first-order valence-electron chi connectivity index (χ1n) is 4.17. The number of ether oxygens (including phenoxy) is 1. The van der Waals surface area contributed by atoms with Crippen molar-refractivity contribution in [2.24, 2.45) is 0 Å². The topological polar surface area (TPSA) is 39.4 Å². The molecule has 0 fully saturated rings. The molecule has 3 nitrogen and oxygen atoms in total. The number of methoxy groups -OCH3 is 1. The predicted molar refractivity (Wildman–Crippen MR) is 51.9 cm³/mol. The summed E-state index contributed by atoms with van der Waals surface area (Å²) in [5.41, 5.74) is -0.508. The molecule has 14 heavy (non-hydrogen) atoms. The number of rotatable bonds is 2. The van der Waals surface area contributed by atoms with Crippen LogP contribution in [0.2, 0.25) is 0 Å². The van der Waals surface area contributed by atoms with E-state index in [0.29, 0.717) is 5.76 Å². The molecule has 1 heterocycles. The highest BCUT2D eigenvalue weighted by molar-refractivity contribution is 5.86. The van der Waals surface area contributed by atoms with Crippen LogP contribution in [0.15, 0.2) is 16.5 Å². The fourth-order valence-electron chi connectivity index (χ4n) is 0.955. The number of terminal acetylenes is 1. The minimum atomic E-state index is -0.508. The smallest absolute Gasteiger partial charge is 0.373 e. The third-order valence-electron chi connectivity index (χ3n) is 1.97. The molecular formula is C11H12O3. The minimum Gasteiger partial charge on any atom is -0.463 e. The number of carbonyl (C=O) groups is 1. The molecule has 0 aliphatic carbocycles. The van der Waals surface area contributed by atoms with Gasteiger partial charge in [0.05, 0.1) is 12.5 Å². The van der Waals surface area contributed by atoms with Crippen LogP contribution in [0.4, 0.5) is 0 Å². The van der Waals surface area contributed by atoms with Crippen molar-refractivity contribution in [3.63, 3.8) is 0 Å². The van der Waals surface area contributed by atoms with E-state index in [4.69, 9.17) is 10.8 Å². The van der Waals surface area contributed by atoms with E-state index in [1.807, 2.05) is 13.8 Å². The zero-order valence-corrected chi connectivity index (χ0v) is 8.46. The second-order valence-electron chi connectivity index (χ2n) is 3.42. The van der Waals surface area contributed by atoms with Crippen LogP contribution in [0, 0.1) is 12.3 Å². The molecule has 0 saturated carbocycles. The van der Waals surface area contributed by atoms with Crippen LogP contribution in [0.1, 0.15) is 30.2 Å². The Morgan fingerprint density at radius 1 is 1.57 bits per heavy atom. The van der Waals surface area contributed by atoms with Gasteiger partial charge in [-0.05, 0) is 26.0 Å². The fraction of sp³-hybridized carbons (Fsp3) is 0.364. The van der Waals surface area contributed by atoms with Crippen LogP contribution in [0.25, 0.3) is 0 Å². The van der Waals surface area contributed by atoms with E-state index in [9.17, 15) is 4.79 Å². The Hall–Kier alpha value is -1.69. The lowest BCUT2D eigenvalue weighted by Gasteiger charge is -2.12. The molecule has 0 bridgehead atoms. The van der Waals surface area contributed by atoms with Crippen molar-refractivity contribution in [2.45, 2.75) is 19.3 Å². The molecule has 1 aromatic rings. The van der Waals surface area contributed by atoms with Crippen molar-refractivity contribution in [1.82, 2.24) is 0 Å².